The molecule has 0 amide bonds. The van der Waals surface area contributed by atoms with Crippen LogP contribution in [0.25, 0.3) is 22.6 Å². The molecule has 3 heterocycles. The Balaban J connectivity index is 0.00000272. The van der Waals surface area contributed by atoms with Crippen LogP contribution in [0.1, 0.15) is 46.4 Å². The van der Waals surface area contributed by atoms with E-state index in [0.717, 1.165) is 18.4 Å². The highest BCUT2D eigenvalue weighted by molar-refractivity contribution is 5.85. The molecule has 1 fully saturated rings. The van der Waals surface area contributed by atoms with Crippen molar-refractivity contribution in [1.29, 1.82) is 0 Å². The molecular weight excluding hydrogens is 416 g/mol. The van der Waals surface area contributed by atoms with Gasteiger partial charge < -0.3 is 20.2 Å². The summed E-state index contributed by atoms with van der Waals surface area (Å²) in [4.78, 5) is 8.51. The third kappa shape index (κ3) is 5.32. The van der Waals surface area contributed by atoms with Crippen LogP contribution >= 0.6 is 12.4 Å². The summed E-state index contributed by atoms with van der Waals surface area (Å²) >= 11 is 0. The van der Waals surface area contributed by atoms with E-state index in [1.807, 2.05) is 6.07 Å². The minimum absolute atomic E-state index is 0. The van der Waals surface area contributed by atoms with Gasteiger partial charge in [-0.3, -0.25) is 0 Å². The van der Waals surface area contributed by atoms with Crippen molar-refractivity contribution in [1.82, 2.24) is 25.5 Å². The number of aromatic hydroxyl groups is 1. The van der Waals surface area contributed by atoms with E-state index in [1.54, 1.807) is 31.5 Å². The Kier molecular flexibility index (Phi) is 6.25. The monoisotopic (exact) mass is 444 g/mol. The summed E-state index contributed by atoms with van der Waals surface area (Å²) in [5.74, 6) is 1.75. The lowest BCUT2D eigenvalue weighted by Gasteiger charge is -2.46. The number of phenols is 1. The Morgan fingerprint density at radius 3 is 2.32 bits per heavy atom. The molecule has 3 N–H and O–H groups in total. The first-order valence-corrected chi connectivity index (χ1v) is 10.1. The fourth-order valence-corrected chi connectivity index (χ4v) is 4.47. The lowest BCUT2D eigenvalue weighted by atomic mass is 9.80. The summed E-state index contributed by atoms with van der Waals surface area (Å²) in [7, 11) is 0. The summed E-state index contributed by atoms with van der Waals surface area (Å²) < 4.78 is 5.51. The zero-order valence-corrected chi connectivity index (χ0v) is 19.2. The largest absolute Gasteiger partial charge is 0.507 e. The van der Waals surface area contributed by atoms with Crippen LogP contribution in [0.3, 0.4) is 0 Å². The van der Waals surface area contributed by atoms with E-state index in [2.05, 4.69) is 58.5 Å². The summed E-state index contributed by atoms with van der Waals surface area (Å²) in [6, 6.07) is 5.51. The molecule has 0 bridgehead atoms. The number of benzene rings is 1. The van der Waals surface area contributed by atoms with Gasteiger partial charge in [0, 0.05) is 35.2 Å². The van der Waals surface area contributed by atoms with Crippen molar-refractivity contribution in [2.45, 2.75) is 64.6 Å². The number of hydrogen-bond donors (Lipinski definition) is 3. The molecule has 1 aromatic carbocycles. The first kappa shape index (κ1) is 23.0. The van der Waals surface area contributed by atoms with E-state index in [9.17, 15) is 5.11 Å². The van der Waals surface area contributed by atoms with Crippen LogP contribution in [-0.2, 0) is 0 Å². The summed E-state index contributed by atoms with van der Waals surface area (Å²) in [5, 5.41) is 26.1. The molecule has 1 saturated heterocycles. The fraction of sp³-hybridized carbons (Fsp3) is 0.455. The van der Waals surface area contributed by atoms with Crippen molar-refractivity contribution < 1.29 is 9.52 Å². The zero-order chi connectivity index (χ0) is 21.5. The molecular formula is C22H29ClN6O2. The average Bonchev–Trinajstić information content (AvgIpc) is 3.06. The highest BCUT2D eigenvalue weighted by Gasteiger charge is 2.37. The maximum Gasteiger partial charge on any atom is 0.242 e. The number of hydrogen-bond acceptors (Lipinski definition) is 8. The van der Waals surface area contributed by atoms with Crippen LogP contribution in [0.15, 0.2) is 35.0 Å². The molecule has 0 radical (unpaired) electrons. The molecule has 1 aliphatic rings. The average molecular weight is 445 g/mol. The van der Waals surface area contributed by atoms with Crippen LogP contribution in [-0.4, -0.2) is 42.4 Å². The van der Waals surface area contributed by atoms with Crippen LogP contribution in [0, 0.1) is 6.92 Å². The van der Waals surface area contributed by atoms with Gasteiger partial charge in [-0.25, -0.2) is 9.97 Å². The van der Waals surface area contributed by atoms with E-state index in [0.29, 0.717) is 28.9 Å². The second-order valence-corrected chi connectivity index (χ2v) is 9.28. The van der Waals surface area contributed by atoms with Crippen molar-refractivity contribution in [3.8, 4) is 28.3 Å². The molecule has 0 atom stereocenters. The molecule has 0 saturated carbocycles. The second kappa shape index (κ2) is 8.43. The topological polar surface area (TPSA) is 109 Å². The number of oxazole rings is 1. The lowest BCUT2D eigenvalue weighted by molar-refractivity contribution is 0.170. The standard InChI is InChI=1S/C22H28N6O2.ClH/c1-13-23-12-19(30-13)14-6-7-16(18(29)8-14)17-11-24-20(27-26-17)25-15-9-21(2,3)28-22(4,5)10-15;/h6-8,11-12,15,28-29H,9-10H2,1-5H3,(H,24,25,27);1H. The third-order valence-corrected chi connectivity index (χ3v) is 5.26. The van der Waals surface area contributed by atoms with E-state index in [-0.39, 0.29) is 35.3 Å². The zero-order valence-electron chi connectivity index (χ0n) is 18.4. The van der Waals surface area contributed by atoms with Crippen LogP contribution in [0.4, 0.5) is 5.95 Å². The van der Waals surface area contributed by atoms with E-state index < -0.39 is 0 Å². The van der Waals surface area contributed by atoms with E-state index in [4.69, 9.17) is 4.42 Å². The first-order valence-electron chi connectivity index (χ1n) is 10.1. The predicted octanol–water partition coefficient (Wildman–Crippen LogP) is 4.35. The first-order chi connectivity index (χ1) is 14.1. The number of piperidine rings is 1. The van der Waals surface area contributed by atoms with Gasteiger partial charge >= 0.3 is 0 Å². The predicted molar refractivity (Wildman–Crippen MR) is 122 cm³/mol. The Morgan fingerprint density at radius 2 is 1.77 bits per heavy atom. The second-order valence-electron chi connectivity index (χ2n) is 9.28. The van der Waals surface area contributed by atoms with Gasteiger partial charge in [0.05, 0.1) is 12.4 Å². The van der Waals surface area contributed by atoms with Gasteiger partial charge in [0.1, 0.15) is 11.4 Å². The van der Waals surface area contributed by atoms with Gasteiger partial charge in [-0.05, 0) is 52.7 Å². The molecule has 1 aliphatic heterocycles. The quantitative estimate of drug-likeness (QED) is 0.544. The molecule has 9 heteroatoms. The summed E-state index contributed by atoms with van der Waals surface area (Å²) in [6.45, 7) is 10.6. The van der Waals surface area contributed by atoms with Crippen molar-refractivity contribution in [3.05, 3.63) is 36.5 Å². The van der Waals surface area contributed by atoms with E-state index >= 15 is 0 Å². The Labute approximate surface area is 188 Å². The van der Waals surface area contributed by atoms with Gasteiger partial charge in [0.15, 0.2) is 11.7 Å². The number of anilines is 1. The Hall–Kier alpha value is -2.71. The minimum atomic E-state index is 0. The Morgan fingerprint density at radius 1 is 1.06 bits per heavy atom. The number of nitrogens with zero attached hydrogens (tertiary/aromatic N) is 4. The van der Waals surface area contributed by atoms with Crippen LogP contribution in [0.2, 0.25) is 0 Å². The number of phenolic OH excluding ortho intramolecular Hbond substituents is 1. The molecule has 0 unspecified atom stereocenters. The SMILES string of the molecule is Cc1ncc(-c2ccc(-c3cnc(NC4CC(C)(C)NC(C)(C)C4)nn3)c(O)c2)o1.Cl. The fourth-order valence-electron chi connectivity index (χ4n) is 4.47. The van der Waals surface area contributed by atoms with Gasteiger partial charge in [0.2, 0.25) is 5.95 Å². The van der Waals surface area contributed by atoms with Crippen molar-refractivity contribution in [2.75, 3.05) is 5.32 Å². The number of nitrogens with one attached hydrogen (secondary N) is 2. The number of halogens is 1. The molecule has 4 rings (SSSR count). The minimum Gasteiger partial charge on any atom is -0.507 e. The summed E-state index contributed by atoms with van der Waals surface area (Å²) in [5.41, 5.74) is 1.87. The van der Waals surface area contributed by atoms with Crippen molar-refractivity contribution in [2.24, 2.45) is 0 Å². The van der Waals surface area contributed by atoms with Gasteiger partial charge in [-0.1, -0.05) is 6.07 Å². The molecule has 8 nitrogen and oxygen atoms in total. The highest BCUT2D eigenvalue weighted by Crippen LogP contribution is 2.33. The maximum absolute atomic E-state index is 10.5. The molecule has 2 aromatic heterocycles. The summed E-state index contributed by atoms with van der Waals surface area (Å²) in [6.07, 6.45) is 5.19. The number of rotatable bonds is 4. The third-order valence-electron chi connectivity index (χ3n) is 5.26. The van der Waals surface area contributed by atoms with Gasteiger partial charge in [0.25, 0.3) is 0 Å². The number of aromatic nitrogens is 4. The normalized spacial score (nSPS) is 17.7. The van der Waals surface area contributed by atoms with Crippen molar-refractivity contribution >= 4 is 18.4 Å². The highest BCUT2D eigenvalue weighted by atomic mass is 35.5. The van der Waals surface area contributed by atoms with Crippen molar-refractivity contribution in [3.63, 3.8) is 0 Å². The number of aryl methyl sites for hydroxylation is 1. The molecule has 0 spiro atoms. The Bertz CT molecular complexity index is 1030. The molecule has 166 valence electrons. The van der Waals surface area contributed by atoms with E-state index in [1.165, 1.54) is 0 Å². The van der Waals surface area contributed by atoms with Gasteiger partial charge in [-0.15, -0.1) is 22.6 Å². The van der Waals surface area contributed by atoms with Crippen LogP contribution in [0.5, 0.6) is 5.75 Å². The molecule has 3 aromatic rings. The lowest BCUT2D eigenvalue weighted by Crippen LogP contribution is -2.60. The van der Waals surface area contributed by atoms with Gasteiger partial charge in [-0.2, -0.15) is 0 Å². The molecule has 31 heavy (non-hydrogen) atoms. The van der Waals surface area contributed by atoms with Crippen LogP contribution < -0.4 is 10.6 Å². The molecule has 0 aliphatic carbocycles. The smallest absolute Gasteiger partial charge is 0.242 e. The maximum atomic E-state index is 10.5.